The van der Waals surface area contributed by atoms with Crippen LogP contribution in [0.5, 0.6) is 0 Å². The molecule has 340 valence electrons. The number of nitrogens with two attached hydrogens (primary N) is 2. The zero-order valence-electron chi connectivity index (χ0n) is 37.6. The summed E-state index contributed by atoms with van der Waals surface area (Å²) in [6.07, 6.45) is 4.17. The molecule has 1 heterocycles. The van der Waals surface area contributed by atoms with Crippen molar-refractivity contribution < 1.29 is 43.3 Å². The number of nitrogens with one attached hydrogen (secondary N) is 2. The molecule has 0 aromatic heterocycles. The molecule has 10 atom stereocenters. The van der Waals surface area contributed by atoms with Gasteiger partial charge in [0, 0.05) is 43.1 Å². The first-order valence-electron chi connectivity index (χ1n) is 22.8. The molecule has 0 radical (unpaired) electrons. The molecule has 3 unspecified atom stereocenters. The maximum Gasteiger partial charge on any atom is 0.224 e. The van der Waals surface area contributed by atoms with Crippen molar-refractivity contribution >= 4 is 35.1 Å². The third-order valence-electron chi connectivity index (χ3n) is 13.9. The van der Waals surface area contributed by atoms with Crippen LogP contribution in [0.3, 0.4) is 0 Å². The number of Topliss-reactive ketones (excluding diaryl/α,β-unsaturated/α-hetero) is 3. The maximum atomic E-state index is 13.8. The van der Waals surface area contributed by atoms with Crippen LogP contribution in [0.2, 0.25) is 0 Å². The summed E-state index contributed by atoms with van der Waals surface area (Å²) in [7, 11) is 0. The fourth-order valence-corrected chi connectivity index (χ4v) is 9.83. The van der Waals surface area contributed by atoms with Crippen molar-refractivity contribution in [3.8, 4) is 11.1 Å². The predicted octanol–water partition coefficient (Wildman–Crippen LogP) is 5.75. The Hall–Kier alpha value is -4.30. The van der Waals surface area contributed by atoms with E-state index in [1.54, 1.807) is 12.1 Å². The minimum Gasteiger partial charge on any atom is -0.391 e. The van der Waals surface area contributed by atoms with Crippen molar-refractivity contribution in [2.24, 2.45) is 40.6 Å². The van der Waals surface area contributed by atoms with Gasteiger partial charge >= 0.3 is 0 Å². The second-order valence-corrected chi connectivity index (χ2v) is 18.9. The van der Waals surface area contributed by atoms with Gasteiger partial charge in [-0.05, 0) is 92.9 Å². The number of benzene rings is 2. The molecule has 3 saturated carbocycles. The number of aryl methyl sites for hydroxylation is 1. The molecule has 2 bridgehead atoms. The van der Waals surface area contributed by atoms with E-state index in [1.165, 1.54) is 19.4 Å². The summed E-state index contributed by atoms with van der Waals surface area (Å²) in [6, 6.07) is 13.1. The van der Waals surface area contributed by atoms with E-state index in [2.05, 4.69) is 62.6 Å². The number of hydrogen-bond acceptors (Lipinski definition) is 10. The molecule has 2 aromatic carbocycles. The highest BCUT2D eigenvalue weighted by atomic mass is 16.7. The lowest BCUT2D eigenvalue weighted by atomic mass is 9.43. The average Bonchev–Trinajstić information content (AvgIpc) is 3.59. The van der Waals surface area contributed by atoms with Gasteiger partial charge in [0.15, 0.2) is 23.6 Å². The number of amides is 3. The fourth-order valence-electron chi connectivity index (χ4n) is 9.83. The van der Waals surface area contributed by atoms with Crippen LogP contribution < -0.4 is 22.1 Å². The lowest BCUT2D eigenvalue weighted by molar-refractivity contribution is -0.209. The van der Waals surface area contributed by atoms with E-state index in [-0.39, 0.29) is 43.0 Å². The van der Waals surface area contributed by atoms with Crippen molar-refractivity contribution in [2.75, 3.05) is 6.54 Å². The highest BCUT2D eigenvalue weighted by Crippen LogP contribution is 2.66. The Labute approximate surface area is 367 Å². The number of hydrogen-bond donors (Lipinski definition) is 5. The molecule has 62 heavy (non-hydrogen) atoms. The van der Waals surface area contributed by atoms with Crippen LogP contribution in [0.15, 0.2) is 48.5 Å². The van der Waals surface area contributed by atoms with Gasteiger partial charge in [-0.25, -0.2) is 0 Å². The Kier molecular flexibility index (Phi) is 16.8. The summed E-state index contributed by atoms with van der Waals surface area (Å²) in [6.45, 7) is 12.0. The fraction of sp³-hybridized carbons (Fsp3) is 0.633. The number of ether oxygens (including phenoxy) is 2. The van der Waals surface area contributed by atoms with Crippen molar-refractivity contribution in [1.82, 2.24) is 10.6 Å². The molecule has 3 aliphatic carbocycles. The molecule has 13 nitrogen and oxygen atoms in total. The van der Waals surface area contributed by atoms with Crippen molar-refractivity contribution in [3.05, 3.63) is 59.7 Å². The van der Waals surface area contributed by atoms with E-state index in [9.17, 15) is 33.9 Å². The number of carbonyl (C=O) groups excluding carboxylic acids is 6. The molecule has 2 aromatic rings. The molecule has 1 aliphatic heterocycles. The number of unbranched alkanes of at least 4 members (excludes halogenated alkanes) is 2. The Bertz CT molecular complexity index is 1900. The molecule has 3 amide bonds. The quantitative estimate of drug-likeness (QED) is 0.0602. The molecule has 13 heteroatoms. The first-order valence-corrected chi connectivity index (χ1v) is 22.8. The standard InChI is InChI=1S/C49H70N4O9/c1-7-8-11-31-13-15-32(16-14-31)33-17-19-34(20-18-33)39(56)25-35(12-9-10-23-50)47(60)53-45(30(3)54)40(57)24-29(2)46(59)52-37(28-43(51)58)38(55)21-22-44-61-42-27-36-26-41(48(36,4)5)49(42,6)62-44/h13-20,29-30,35-37,41-42,44-45,54H,7-12,21-28,50H2,1-6H3,(H2,51,58)(H,52,59)(H,53,60)/t29-,30?,35-,36+,37+,41+,42?,44?,45+,49+/m1/s1. The molecule has 4 aliphatic rings. The zero-order chi connectivity index (χ0) is 45.4. The third kappa shape index (κ3) is 11.8. The van der Waals surface area contributed by atoms with Gasteiger partial charge in [0.25, 0.3) is 0 Å². The summed E-state index contributed by atoms with van der Waals surface area (Å²) in [5, 5.41) is 15.9. The SMILES string of the molecule is CCCCc1ccc(-c2ccc(C(=O)C[C@@H](CCCCN)C(=O)N[C@H](C(=O)C[C@@H](C)C(=O)N[C@@H](CC(N)=O)C(=O)CCC3OC4C[C@@H]5C[C@@H](C5(C)C)[C@]4(C)O3)C(C)O)cc2)cc1. The van der Waals surface area contributed by atoms with Gasteiger partial charge in [-0.1, -0.05) is 89.1 Å². The predicted molar refractivity (Wildman–Crippen MR) is 236 cm³/mol. The van der Waals surface area contributed by atoms with Gasteiger partial charge in [-0.15, -0.1) is 0 Å². The van der Waals surface area contributed by atoms with Crippen molar-refractivity contribution in [3.63, 3.8) is 0 Å². The van der Waals surface area contributed by atoms with Crippen molar-refractivity contribution in [1.29, 1.82) is 0 Å². The summed E-state index contributed by atoms with van der Waals surface area (Å²) >= 11 is 0. The number of ketones is 3. The second kappa shape index (κ2) is 21.4. The smallest absolute Gasteiger partial charge is 0.224 e. The van der Waals surface area contributed by atoms with Crippen LogP contribution in [0.1, 0.15) is 135 Å². The molecular weight excluding hydrogens is 789 g/mol. The van der Waals surface area contributed by atoms with E-state index >= 15 is 0 Å². The molecule has 4 fully saturated rings. The largest absolute Gasteiger partial charge is 0.391 e. The average molecular weight is 859 g/mol. The summed E-state index contributed by atoms with van der Waals surface area (Å²) in [4.78, 5) is 79.7. The van der Waals surface area contributed by atoms with E-state index in [0.29, 0.717) is 43.2 Å². The van der Waals surface area contributed by atoms with Gasteiger partial charge in [0.2, 0.25) is 17.7 Å². The lowest BCUT2D eigenvalue weighted by Gasteiger charge is -2.63. The first-order chi connectivity index (χ1) is 29.4. The molecular formula is C49H70N4O9. The summed E-state index contributed by atoms with van der Waals surface area (Å²) < 4.78 is 12.7. The van der Waals surface area contributed by atoms with Crippen LogP contribution in [0, 0.1) is 29.1 Å². The number of aliphatic hydroxyl groups excluding tert-OH is 1. The number of carbonyl (C=O) groups is 6. The van der Waals surface area contributed by atoms with Gasteiger partial charge in [0.05, 0.1) is 30.3 Å². The van der Waals surface area contributed by atoms with Crippen LogP contribution in [0.4, 0.5) is 0 Å². The van der Waals surface area contributed by atoms with Gasteiger partial charge in [-0.2, -0.15) is 0 Å². The van der Waals surface area contributed by atoms with Gasteiger partial charge in [0.1, 0.15) is 6.04 Å². The minimum atomic E-state index is -1.37. The van der Waals surface area contributed by atoms with Crippen LogP contribution >= 0.6 is 0 Å². The number of aliphatic hydroxyl groups is 1. The Morgan fingerprint density at radius 3 is 2.10 bits per heavy atom. The third-order valence-corrected chi connectivity index (χ3v) is 13.9. The number of primary amides is 1. The molecule has 6 rings (SSSR count). The topological polar surface area (TPSA) is 217 Å². The van der Waals surface area contributed by atoms with E-state index in [1.807, 2.05) is 12.1 Å². The van der Waals surface area contributed by atoms with Gasteiger partial charge in [-0.3, -0.25) is 28.8 Å². The van der Waals surface area contributed by atoms with Crippen LogP contribution in [-0.2, 0) is 39.9 Å². The van der Waals surface area contributed by atoms with Crippen LogP contribution in [0.25, 0.3) is 11.1 Å². The minimum absolute atomic E-state index is 0.0273. The van der Waals surface area contributed by atoms with Crippen molar-refractivity contribution in [2.45, 2.75) is 161 Å². The Morgan fingerprint density at radius 1 is 0.839 bits per heavy atom. The normalized spacial score (nSPS) is 24.6. The van der Waals surface area contributed by atoms with E-state index < -0.39 is 77.6 Å². The monoisotopic (exact) mass is 859 g/mol. The highest BCUT2D eigenvalue weighted by molar-refractivity contribution is 6.00. The second-order valence-electron chi connectivity index (χ2n) is 18.9. The Morgan fingerprint density at radius 2 is 1.50 bits per heavy atom. The number of rotatable bonds is 25. The highest BCUT2D eigenvalue weighted by Gasteiger charge is 2.67. The first kappa shape index (κ1) is 48.7. The van der Waals surface area contributed by atoms with E-state index in [4.69, 9.17) is 20.9 Å². The molecule has 1 saturated heterocycles. The summed E-state index contributed by atoms with van der Waals surface area (Å²) in [5.41, 5.74) is 14.7. The molecule has 0 spiro atoms. The summed E-state index contributed by atoms with van der Waals surface area (Å²) in [5.74, 6) is -4.14. The van der Waals surface area contributed by atoms with Crippen LogP contribution in [-0.4, -0.2) is 82.9 Å². The Balaban J connectivity index is 1.15. The van der Waals surface area contributed by atoms with Gasteiger partial charge < -0.3 is 36.7 Å². The maximum absolute atomic E-state index is 13.8. The molecule has 7 N–H and O–H groups in total. The van der Waals surface area contributed by atoms with E-state index in [0.717, 1.165) is 43.2 Å². The lowest BCUT2D eigenvalue weighted by Crippen LogP contribution is -2.65. The zero-order valence-corrected chi connectivity index (χ0v) is 37.6.